The number of pyridine rings is 1. The van der Waals surface area contributed by atoms with Crippen LogP contribution in [-0.4, -0.2) is 15.2 Å². The largest absolute Gasteiger partial charge is 0.506 e. The monoisotopic (exact) mass is 627 g/mol. The average molecular weight is 631 g/mol. The maximum atomic E-state index is 9.80. The maximum absolute atomic E-state index is 9.80. The summed E-state index contributed by atoms with van der Waals surface area (Å²) in [6.07, 6.45) is 9.55. The van der Waals surface area contributed by atoms with E-state index >= 15 is 0 Å². The van der Waals surface area contributed by atoms with Gasteiger partial charge in [-0.25, -0.2) is 0 Å². The van der Waals surface area contributed by atoms with Gasteiger partial charge < -0.3 is 10.2 Å². The summed E-state index contributed by atoms with van der Waals surface area (Å²) in [5.41, 5.74) is 3.70. The number of aromatic nitrogens is 1. The van der Waals surface area contributed by atoms with Gasteiger partial charge in [0, 0.05) is 6.20 Å². The zero-order valence-electron chi connectivity index (χ0n) is 14.2. The molecular weight excluding hydrogens is 618 g/mol. The highest BCUT2D eigenvalue weighted by Crippen LogP contribution is 2.34. The Morgan fingerprint density at radius 1 is 0.607 bits per heavy atom. The number of phenols is 2. The van der Waals surface area contributed by atoms with Crippen LogP contribution in [0.3, 0.4) is 0 Å². The second-order valence-electron chi connectivity index (χ2n) is 5.85. The molecule has 0 aliphatic carbocycles. The summed E-state index contributed by atoms with van der Waals surface area (Å²) in [7, 11) is 0. The number of rotatable bonds is 4. The molecule has 2 aromatic carbocycles. The molecule has 1 aromatic heterocycles. The van der Waals surface area contributed by atoms with Gasteiger partial charge in [0.15, 0.2) is 0 Å². The Kier molecular flexibility index (Phi) is 7.15. The van der Waals surface area contributed by atoms with E-state index < -0.39 is 0 Å². The second-order valence-corrected chi connectivity index (χ2v) is 9.26. The van der Waals surface area contributed by atoms with Crippen LogP contribution >= 0.6 is 63.7 Å². The molecular formula is C21H13Br4NO2. The third kappa shape index (κ3) is 5.35. The van der Waals surface area contributed by atoms with Crippen molar-refractivity contribution in [1.29, 1.82) is 0 Å². The van der Waals surface area contributed by atoms with Gasteiger partial charge in [-0.15, -0.1) is 0 Å². The molecule has 0 radical (unpaired) electrons. The minimum Gasteiger partial charge on any atom is -0.506 e. The van der Waals surface area contributed by atoms with Gasteiger partial charge in [-0.05, 0) is 123 Å². The molecule has 0 amide bonds. The van der Waals surface area contributed by atoms with Crippen molar-refractivity contribution in [3.05, 3.63) is 82.9 Å². The molecule has 0 saturated carbocycles. The molecule has 28 heavy (non-hydrogen) atoms. The zero-order valence-corrected chi connectivity index (χ0v) is 20.5. The van der Waals surface area contributed by atoms with E-state index in [1.54, 1.807) is 6.20 Å². The predicted molar refractivity (Wildman–Crippen MR) is 129 cm³/mol. The smallest absolute Gasteiger partial charge is 0.143 e. The first-order valence-electron chi connectivity index (χ1n) is 8.02. The van der Waals surface area contributed by atoms with Crippen LogP contribution in [0, 0.1) is 0 Å². The van der Waals surface area contributed by atoms with Crippen LogP contribution in [0.2, 0.25) is 0 Å². The van der Waals surface area contributed by atoms with Crippen LogP contribution < -0.4 is 0 Å². The molecule has 2 N–H and O–H groups in total. The van der Waals surface area contributed by atoms with E-state index in [0.29, 0.717) is 17.9 Å². The lowest BCUT2D eigenvalue weighted by atomic mass is 10.1. The van der Waals surface area contributed by atoms with Crippen LogP contribution in [0.25, 0.3) is 24.3 Å². The van der Waals surface area contributed by atoms with E-state index in [1.807, 2.05) is 60.7 Å². The molecule has 1 heterocycles. The summed E-state index contributed by atoms with van der Waals surface area (Å²) in [6.45, 7) is 0. The third-order valence-corrected chi connectivity index (χ3v) is 6.22. The Morgan fingerprint density at radius 2 is 1.04 bits per heavy atom. The second kappa shape index (κ2) is 9.39. The molecule has 0 atom stereocenters. The molecule has 3 aromatic rings. The van der Waals surface area contributed by atoms with Crippen molar-refractivity contribution in [3.8, 4) is 11.5 Å². The van der Waals surface area contributed by atoms with Crippen molar-refractivity contribution >= 4 is 88.0 Å². The van der Waals surface area contributed by atoms with Crippen molar-refractivity contribution in [3.63, 3.8) is 0 Å². The van der Waals surface area contributed by atoms with Gasteiger partial charge in [0.25, 0.3) is 0 Å². The molecule has 7 heteroatoms. The number of hydrogen-bond donors (Lipinski definition) is 2. The Bertz CT molecular complexity index is 965. The fourth-order valence-corrected chi connectivity index (χ4v) is 4.84. The van der Waals surface area contributed by atoms with E-state index in [-0.39, 0.29) is 11.5 Å². The highest BCUT2D eigenvalue weighted by atomic mass is 79.9. The number of nitrogens with zero attached hydrogens (tertiary/aromatic N) is 1. The minimum absolute atomic E-state index is 0.176. The molecule has 3 rings (SSSR count). The summed E-state index contributed by atoms with van der Waals surface area (Å²) in [5, 5.41) is 19.6. The first-order valence-corrected chi connectivity index (χ1v) is 11.2. The normalized spacial score (nSPS) is 11.6. The number of hydrogen-bond acceptors (Lipinski definition) is 3. The first-order chi connectivity index (χ1) is 13.3. The van der Waals surface area contributed by atoms with Crippen molar-refractivity contribution in [1.82, 2.24) is 4.98 Å². The summed E-state index contributed by atoms with van der Waals surface area (Å²) in [6, 6.07) is 11.3. The lowest BCUT2D eigenvalue weighted by Gasteiger charge is -2.03. The molecule has 0 aliphatic rings. The molecule has 142 valence electrons. The Morgan fingerprint density at radius 3 is 1.54 bits per heavy atom. The number of phenolic OH excluding ortho intramolecular Hbond substituents is 2. The molecule has 0 fully saturated rings. The third-order valence-electron chi connectivity index (χ3n) is 3.80. The van der Waals surface area contributed by atoms with E-state index in [4.69, 9.17) is 0 Å². The first kappa shape index (κ1) is 21.3. The van der Waals surface area contributed by atoms with Gasteiger partial charge in [-0.2, -0.15) is 0 Å². The number of aromatic hydroxyl groups is 2. The summed E-state index contributed by atoms with van der Waals surface area (Å²) >= 11 is 13.3. The van der Waals surface area contributed by atoms with Crippen LogP contribution in [-0.2, 0) is 0 Å². The van der Waals surface area contributed by atoms with E-state index in [2.05, 4.69) is 68.7 Å². The summed E-state index contributed by atoms with van der Waals surface area (Å²) < 4.78 is 2.51. The lowest BCUT2D eigenvalue weighted by Crippen LogP contribution is -1.83. The zero-order chi connectivity index (χ0) is 20.3. The van der Waals surface area contributed by atoms with Gasteiger partial charge in [0.2, 0.25) is 0 Å². The van der Waals surface area contributed by atoms with Crippen molar-refractivity contribution < 1.29 is 10.2 Å². The van der Waals surface area contributed by atoms with E-state index in [9.17, 15) is 10.2 Å². The fourth-order valence-electron chi connectivity index (χ4n) is 2.40. The van der Waals surface area contributed by atoms with Crippen molar-refractivity contribution in [2.45, 2.75) is 0 Å². The van der Waals surface area contributed by atoms with Gasteiger partial charge >= 0.3 is 0 Å². The standard InChI is InChI=1S/C21H13Br4NO2/c22-16-8-13(9-17(23)20(16)27)2-1-12-5-6-26-15(7-12)4-3-14-10-18(24)21(28)19(25)11-14/h1-11,27-28H. The van der Waals surface area contributed by atoms with E-state index in [0.717, 1.165) is 22.4 Å². The number of halogens is 4. The van der Waals surface area contributed by atoms with Gasteiger partial charge in [0.05, 0.1) is 23.6 Å². The van der Waals surface area contributed by atoms with Crippen molar-refractivity contribution in [2.75, 3.05) is 0 Å². The number of benzene rings is 2. The van der Waals surface area contributed by atoms with E-state index in [1.165, 1.54) is 0 Å². The van der Waals surface area contributed by atoms with Gasteiger partial charge in [0.1, 0.15) is 11.5 Å². The highest BCUT2D eigenvalue weighted by Gasteiger charge is 2.05. The quantitative estimate of drug-likeness (QED) is 0.308. The Labute approximate surface area is 196 Å². The van der Waals surface area contributed by atoms with Crippen LogP contribution in [0.4, 0.5) is 0 Å². The van der Waals surface area contributed by atoms with Gasteiger partial charge in [-0.3, -0.25) is 4.98 Å². The average Bonchev–Trinajstić information content (AvgIpc) is 2.67. The molecule has 0 spiro atoms. The molecule has 0 aliphatic heterocycles. The van der Waals surface area contributed by atoms with Crippen molar-refractivity contribution in [2.24, 2.45) is 0 Å². The summed E-state index contributed by atoms with van der Waals surface area (Å²) in [5.74, 6) is 0.357. The van der Waals surface area contributed by atoms with Gasteiger partial charge in [-0.1, -0.05) is 18.2 Å². The Balaban J connectivity index is 1.81. The molecule has 0 unspecified atom stereocenters. The van der Waals surface area contributed by atoms with Crippen LogP contribution in [0.5, 0.6) is 11.5 Å². The predicted octanol–water partition coefficient (Wildman–Crippen LogP) is 7.88. The maximum Gasteiger partial charge on any atom is 0.143 e. The topological polar surface area (TPSA) is 53.4 Å². The van der Waals surface area contributed by atoms with Crippen LogP contribution in [0.1, 0.15) is 22.4 Å². The highest BCUT2D eigenvalue weighted by molar-refractivity contribution is 9.11. The summed E-state index contributed by atoms with van der Waals surface area (Å²) in [4.78, 5) is 4.37. The lowest BCUT2D eigenvalue weighted by molar-refractivity contribution is 0.468. The molecule has 0 saturated heterocycles. The SMILES string of the molecule is Oc1c(Br)cc(C=Cc2ccnc(C=Cc3cc(Br)c(O)c(Br)c3)c2)cc1Br. The minimum atomic E-state index is 0.176. The molecule has 0 bridgehead atoms. The Hall–Kier alpha value is -1.41. The molecule has 3 nitrogen and oxygen atoms in total. The van der Waals surface area contributed by atoms with Crippen LogP contribution in [0.15, 0.2) is 60.5 Å². The fraction of sp³-hybridized carbons (Fsp3) is 0.